The van der Waals surface area contributed by atoms with Gasteiger partial charge in [0.1, 0.15) is 5.75 Å². The second-order valence-electron chi connectivity index (χ2n) is 3.68. The Kier molecular flexibility index (Phi) is 5.19. The fourth-order valence-corrected chi connectivity index (χ4v) is 1.47. The molecule has 0 aliphatic rings. The Morgan fingerprint density at radius 2 is 1.93 bits per heavy atom. The van der Waals surface area contributed by atoms with E-state index in [2.05, 4.69) is 6.92 Å². The predicted octanol–water partition coefficient (Wildman–Crippen LogP) is 3.27. The lowest BCUT2D eigenvalue weighted by molar-refractivity contribution is 0.116. The van der Waals surface area contributed by atoms with Crippen LogP contribution in [0.2, 0.25) is 0 Å². The number of phenols is 1. The van der Waals surface area contributed by atoms with Crippen molar-refractivity contribution in [3.63, 3.8) is 0 Å². The third-order valence-corrected chi connectivity index (χ3v) is 2.48. The van der Waals surface area contributed by atoms with Crippen LogP contribution in [0.15, 0.2) is 18.2 Å². The predicted molar refractivity (Wildman–Crippen MR) is 62.0 cm³/mol. The molecule has 0 atom stereocenters. The van der Waals surface area contributed by atoms with Crippen molar-refractivity contribution in [2.75, 3.05) is 6.61 Å². The molecular formula is C13H20O2. The van der Waals surface area contributed by atoms with Crippen molar-refractivity contribution in [2.24, 2.45) is 0 Å². The van der Waals surface area contributed by atoms with E-state index in [0.717, 1.165) is 37.0 Å². The summed E-state index contributed by atoms with van der Waals surface area (Å²) in [5.41, 5.74) is 1.89. The zero-order valence-corrected chi connectivity index (χ0v) is 9.62. The van der Waals surface area contributed by atoms with Gasteiger partial charge in [0.2, 0.25) is 0 Å². The first kappa shape index (κ1) is 12.1. The van der Waals surface area contributed by atoms with Gasteiger partial charge in [0.25, 0.3) is 0 Å². The van der Waals surface area contributed by atoms with E-state index in [9.17, 15) is 5.11 Å². The molecule has 0 fully saturated rings. The molecule has 0 bridgehead atoms. The molecule has 2 nitrogen and oxygen atoms in total. The summed E-state index contributed by atoms with van der Waals surface area (Å²) < 4.78 is 5.48. The van der Waals surface area contributed by atoms with Gasteiger partial charge in [-0.25, -0.2) is 0 Å². The third-order valence-electron chi connectivity index (χ3n) is 2.48. The summed E-state index contributed by atoms with van der Waals surface area (Å²) in [6.45, 7) is 5.46. The Morgan fingerprint density at radius 3 is 2.60 bits per heavy atom. The highest BCUT2D eigenvalue weighted by Gasteiger charge is 2.04. The average Bonchev–Trinajstić information content (AvgIpc) is 2.26. The van der Waals surface area contributed by atoms with Crippen LogP contribution in [-0.4, -0.2) is 11.7 Å². The number of hydrogen-bond acceptors (Lipinski definition) is 2. The van der Waals surface area contributed by atoms with Gasteiger partial charge in [0.15, 0.2) is 0 Å². The summed E-state index contributed by atoms with van der Waals surface area (Å²) >= 11 is 0. The van der Waals surface area contributed by atoms with E-state index < -0.39 is 0 Å². The topological polar surface area (TPSA) is 29.5 Å². The van der Waals surface area contributed by atoms with Crippen LogP contribution in [0.1, 0.15) is 37.8 Å². The quantitative estimate of drug-likeness (QED) is 0.727. The number of ether oxygens (including phenoxy) is 1. The minimum Gasteiger partial charge on any atom is -0.507 e. The monoisotopic (exact) mass is 208 g/mol. The molecule has 84 valence electrons. The SMILES string of the molecule is CCCCOCc1cccc(CC)c1O. The lowest BCUT2D eigenvalue weighted by Gasteiger charge is -2.08. The van der Waals surface area contributed by atoms with E-state index >= 15 is 0 Å². The van der Waals surface area contributed by atoms with Crippen molar-refractivity contribution >= 4 is 0 Å². The van der Waals surface area contributed by atoms with Gasteiger partial charge in [-0.05, 0) is 18.4 Å². The average molecular weight is 208 g/mol. The summed E-state index contributed by atoms with van der Waals surface area (Å²) in [7, 11) is 0. The van der Waals surface area contributed by atoms with Gasteiger partial charge in [0, 0.05) is 12.2 Å². The highest BCUT2D eigenvalue weighted by molar-refractivity contribution is 5.39. The summed E-state index contributed by atoms with van der Waals surface area (Å²) in [6, 6.07) is 5.84. The van der Waals surface area contributed by atoms with E-state index in [1.165, 1.54) is 0 Å². The first-order valence-electron chi connectivity index (χ1n) is 5.67. The molecule has 0 heterocycles. The molecule has 0 aliphatic heterocycles. The van der Waals surface area contributed by atoms with Crippen molar-refractivity contribution in [2.45, 2.75) is 39.7 Å². The summed E-state index contributed by atoms with van der Waals surface area (Å²) in [6.07, 6.45) is 3.07. The molecule has 0 unspecified atom stereocenters. The minimum atomic E-state index is 0.400. The van der Waals surface area contributed by atoms with Crippen molar-refractivity contribution in [3.8, 4) is 5.75 Å². The molecule has 0 aliphatic carbocycles. The molecule has 0 saturated carbocycles. The van der Waals surface area contributed by atoms with Crippen LogP contribution in [0.3, 0.4) is 0 Å². The molecule has 15 heavy (non-hydrogen) atoms. The zero-order chi connectivity index (χ0) is 11.1. The van der Waals surface area contributed by atoms with Gasteiger partial charge in [-0.3, -0.25) is 0 Å². The second kappa shape index (κ2) is 6.46. The first-order chi connectivity index (χ1) is 7.29. The maximum Gasteiger partial charge on any atom is 0.124 e. The number of aromatic hydroxyl groups is 1. The van der Waals surface area contributed by atoms with E-state index in [1.54, 1.807) is 0 Å². The van der Waals surface area contributed by atoms with Crippen molar-refractivity contribution in [1.82, 2.24) is 0 Å². The molecule has 0 spiro atoms. The normalized spacial score (nSPS) is 10.5. The van der Waals surface area contributed by atoms with Crippen LogP contribution in [0.5, 0.6) is 5.75 Å². The fourth-order valence-electron chi connectivity index (χ4n) is 1.47. The minimum absolute atomic E-state index is 0.400. The van der Waals surface area contributed by atoms with Crippen LogP contribution >= 0.6 is 0 Å². The molecule has 1 aromatic rings. The van der Waals surface area contributed by atoms with E-state index in [0.29, 0.717) is 12.4 Å². The van der Waals surface area contributed by atoms with Gasteiger partial charge in [-0.15, -0.1) is 0 Å². The summed E-state index contributed by atoms with van der Waals surface area (Å²) in [5.74, 6) is 0.400. The molecule has 0 aromatic heterocycles. The van der Waals surface area contributed by atoms with Gasteiger partial charge >= 0.3 is 0 Å². The van der Waals surface area contributed by atoms with Crippen molar-refractivity contribution < 1.29 is 9.84 Å². The lowest BCUT2D eigenvalue weighted by atomic mass is 10.1. The largest absolute Gasteiger partial charge is 0.507 e. The molecular weight excluding hydrogens is 188 g/mol. The second-order valence-corrected chi connectivity index (χ2v) is 3.68. The molecule has 1 N–H and O–H groups in total. The van der Waals surface area contributed by atoms with E-state index in [4.69, 9.17) is 4.74 Å². The van der Waals surface area contributed by atoms with Gasteiger partial charge in [-0.1, -0.05) is 38.5 Å². The zero-order valence-electron chi connectivity index (χ0n) is 9.62. The van der Waals surface area contributed by atoms with Gasteiger partial charge in [-0.2, -0.15) is 0 Å². The Balaban J connectivity index is 2.53. The molecule has 0 radical (unpaired) electrons. The highest BCUT2D eigenvalue weighted by atomic mass is 16.5. The van der Waals surface area contributed by atoms with E-state index in [1.807, 2.05) is 25.1 Å². The summed E-state index contributed by atoms with van der Waals surface area (Å²) in [5, 5.41) is 9.87. The maximum atomic E-state index is 9.87. The number of unbranched alkanes of at least 4 members (excludes halogenated alkanes) is 1. The molecule has 1 rings (SSSR count). The molecule has 0 saturated heterocycles. The van der Waals surface area contributed by atoms with Crippen molar-refractivity contribution in [1.29, 1.82) is 0 Å². The Bertz CT molecular complexity index is 295. The first-order valence-corrected chi connectivity index (χ1v) is 5.67. The highest BCUT2D eigenvalue weighted by Crippen LogP contribution is 2.23. The number of para-hydroxylation sites is 1. The smallest absolute Gasteiger partial charge is 0.124 e. The van der Waals surface area contributed by atoms with E-state index in [-0.39, 0.29) is 0 Å². The molecule has 0 amide bonds. The van der Waals surface area contributed by atoms with Crippen LogP contribution in [0.4, 0.5) is 0 Å². The number of aryl methyl sites for hydroxylation is 1. The summed E-state index contributed by atoms with van der Waals surface area (Å²) in [4.78, 5) is 0. The standard InChI is InChI=1S/C13H20O2/c1-3-5-9-15-10-12-8-6-7-11(4-2)13(12)14/h6-8,14H,3-5,9-10H2,1-2H3. The Labute approximate surface area is 91.9 Å². The Hall–Kier alpha value is -1.02. The molecule has 1 aromatic carbocycles. The van der Waals surface area contributed by atoms with Crippen LogP contribution in [0.25, 0.3) is 0 Å². The van der Waals surface area contributed by atoms with Crippen LogP contribution in [-0.2, 0) is 17.8 Å². The number of hydrogen-bond donors (Lipinski definition) is 1. The molecule has 2 heteroatoms. The number of rotatable bonds is 6. The van der Waals surface area contributed by atoms with Crippen molar-refractivity contribution in [3.05, 3.63) is 29.3 Å². The van der Waals surface area contributed by atoms with Crippen LogP contribution in [0, 0.1) is 0 Å². The maximum absolute atomic E-state index is 9.87. The number of phenolic OH excluding ortho intramolecular Hbond substituents is 1. The van der Waals surface area contributed by atoms with Crippen LogP contribution < -0.4 is 0 Å². The van der Waals surface area contributed by atoms with Gasteiger partial charge < -0.3 is 9.84 Å². The fraction of sp³-hybridized carbons (Fsp3) is 0.538. The lowest BCUT2D eigenvalue weighted by Crippen LogP contribution is -1.96. The third kappa shape index (κ3) is 3.56. The Morgan fingerprint density at radius 1 is 1.20 bits per heavy atom. The number of benzene rings is 1. The van der Waals surface area contributed by atoms with Gasteiger partial charge in [0.05, 0.1) is 6.61 Å².